The molecule has 0 aromatic heterocycles. The van der Waals surface area contributed by atoms with E-state index in [2.05, 4.69) is 75.5 Å². The quantitative estimate of drug-likeness (QED) is 0.0228. The van der Waals surface area contributed by atoms with Crippen molar-refractivity contribution >= 4 is 23.9 Å². The first-order valence-electron chi connectivity index (χ1n) is 30.3. The summed E-state index contributed by atoms with van der Waals surface area (Å²) in [5.41, 5.74) is 0. The molecule has 0 aromatic carbocycles. The van der Waals surface area contributed by atoms with Crippen LogP contribution < -0.4 is 0 Å². The number of aliphatic hydroxyl groups excluding tert-OH is 2. The second kappa shape index (κ2) is 51.2. The van der Waals surface area contributed by atoms with Crippen LogP contribution in [0, 0.1) is 0 Å². The zero-order valence-electron chi connectivity index (χ0n) is 47.5. The minimum Gasteiger partial charge on any atom is -0.479 e. The highest BCUT2D eigenvalue weighted by atomic mass is 16.7. The monoisotopic (exact) mass is 1060 g/mol. The number of hydrogen-bond donors (Lipinski definition) is 3. The van der Waals surface area contributed by atoms with E-state index in [1.165, 1.54) is 122 Å². The fraction of sp³-hybridized carbons (Fsp3) is 0.778. The topological polar surface area (TPSA) is 175 Å². The van der Waals surface area contributed by atoms with Gasteiger partial charge in [0.2, 0.25) is 0 Å². The Bertz CT molecular complexity index is 1540. The number of carbonyl (C=O) groups excluding carboxylic acids is 3. The molecule has 0 spiro atoms. The van der Waals surface area contributed by atoms with Crippen LogP contribution in [0.1, 0.15) is 265 Å². The molecule has 0 saturated carbocycles. The van der Waals surface area contributed by atoms with Gasteiger partial charge in [0.15, 0.2) is 24.6 Å². The normalized spacial score (nSPS) is 18.5. The van der Waals surface area contributed by atoms with Crippen molar-refractivity contribution in [3.8, 4) is 0 Å². The summed E-state index contributed by atoms with van der Waals surface area (Å²) in [5.74, 6) is -3.18. The van der Waals surface area contributed by atoms with Crippen molar-refractivity contribution in [2.45, 2.75) is 302 Å². The van der Waals surface area contributed by atoms with Gasteiger partial charge < -0.3 is 39.0 Å². The van der Waals surface area contributed by atoms with E-state index in [0.717, 1.165) is 77.0 Å². The highest BCUT2D eigenvalue weighted by Crippen LogP contribution is 2.26. The van der Waals surface area contributed by atoms with E-state index >= 15 is 0 Å². The molecule has 1 aliphatic heterocycles. The van der Waals surface area contributed by atoms with E-state index < -0.39 is 67.3 Å². The Morgan fingerprint density at radius 3 is 1.27 bits per heavy atom. The molecular formula is C63H108O12. The molecule has 1 fully saturated rings. The number of aliphatic hydroxyl groups is 2. The molecule has 3 N–H and O–H groups in total. The molecule has 12 heteroatoms. The van der Waals surface area contributed by atoms with E-state index in [4.69, 9.17) is 23.7 Å². The molecule has 6 unspecified atom stereocenters. The van der Waals surface area contributed by atoms with Crippen molar-refractivity contribution in [1.82, 2.24) is 0 Å². The molecule has 0 radical (unpaired) electrons. The van der Waals surface area contributed by atoms with Crippen molar-refractivity contribution in [2.24, 2.45) is 0 Å². The van der Waals surface area contributed by atoms with Gasteiger partial charge in [0.25, 0.3) is 0 Å². The second-order valence-electron chi connectivity index (χ2n) is 20.6. The third kappa shape index (κ3) is 41.2. The summed E-state index contributed by atoms with van der Waals surface area (Å²) in [6, 6.07) is 0. The van der Waals surface area contributed by atoms with Crippen LogP contribution in [0.4, 0.5) is 0 Å². The van der Waals surface area contributed by atoms with Crippen LogP contribution in [0.25, 0.3) is 0 Å². The molecular weight excluding hydrogens is 949 g/mol. The number of allylic oxidation sites excluding steroid dienone is 10. The smallest absolute Gasteiger partial charge is 0.335 e. The highest BCUT2D eigenvalue weighted by Gasteiger charge is 2.50. The Balaban J connectivity index is 2.64. The molecule has 1 aliphatic rings. The van der Waals surface area contributed by atoms with Crippen molar-refractivity contribution < 1.29 is 58.2 Å². The van der Waals surface area contributed by atoms with Crippen molar-refractivity contribution in [3.63, 3.8) is 0 Å². The number of hydrogen-bond acceptors (Lipinski definition) is 11. The van der Waals surface area contributed by atoms with Crippen LogP contribution in [-0.2, 0) is 42.9 Å². The molecule has 1 saturated heterocycles. The van der Waals surface area contributed by atoms with Crippen LogP contribution in [-0.4, -0.2) is 89.2 Å². The predicted octanol–water partition coefficient (Wildman–Crippen LogP) is 15.6. The first kappa shape index (κ1) is 69.4. The number of esters is 3. The molecule has 0 amide bonds. The van der Waals surface area contributed by atoms with Gasteiger partial charge >= 0.3 is 23.9 Å². The maximum atomic E-state index is 13.1. The Morgan fingerprint density at radius 1 is 0.453 bits per heavy atom. The van der Waals surface area contributed by atoms with Crippen LogP contribution in [0.5, 0.6) is 0 Å². The van der Waals surface area contributed by atoms with E-state index in [9.17, 15) is 34.5 Å². The fourth-order valence-corrected chi connectivity index (χ4v) is 8.99. The highest BCUT2D eigenvalue weighted by molar-refractivity contribution is 5.74. The summed E-state index contributed by atoms with van der Waals surface area (Å²) in [6.45, 7) is 5.82. The first-order chi connectivity index (χ1) is 36.6. The summed E-state index contributed by atoms with van der Waals surface area (Å²) < 4.78 is 28.3. The van der Waals surface area contributed by atoms with E-state index in [-0.39, 0.29) is 25.9 Å². The summed E-state index contributed by atoms with van der Waals surface area (Å²) >= 11 is 0. The SMILES string of the molecule is CC/C=C\C/C=C\C/C=C\C/C=C\C/C=C\CCCC(=O)OCC(COC1OC(C(=O)O)C(O)C(O)C1OC(=O)CCCCCCCCCCCCCCCCCCCCC)OC(=O)CCCCCCCCCCC. The molecule has 75 heavy (non-hydrogen) atoms. The standard InChI is InChI=1S/C63H108O12/c1-4-7-10-13-16-19-21-23-25-27-28-30-32-34-36-39-42-45-48-51-57(66)74-61-59(68)58(67)60(62(69)70)75-63(61)72-53-54(73-56(65)50-47-44-41-37-18-15-12-9-6-3)52-71-55(64)49-46-43-40-38-35-33-31-29-26-24-22-20-17-14-11-8-5-2/h8,11,17,20,24,26,31,33,38,40,54,58-61,63,67-68H,4-7,9-10,12-16,18-19,21-23,25,27-30,32,34-37,39,41-53H2,1-3H3,(H,69,70)/b11-8-,20-17-,26-24-,33-31-,40-38-. The molecule has 0 bridgehead atoms. The van der Waals surface area contributed by atoms with Crippen LogP contribution in [0.3, 0.4) is 0 Å². The number of ether oxygens (including phenoxy) is 5. The van der Waals surface area contributed by atoms with Gasteiger partial charge in [-0.15, -0.1) is 0 Å². The van der Waals surface area contributed by atoms with Gasteiger partial charge in [-0.1, -0.05) is 248 Å². The Hall–Kier alpha value is -3.58. The van der Waals surface area contributed by atoms with Crippen molar-refractivity contribution in [1.29, 1.82) is 0 Å². The maximum absolute atomic E-state index is 13.1. The first-order valence-corrected chi connectivity index (χ1v) is 30.3. The molecule has 1 heterocycles. The second-order valence-corrected chi connectivity index (χ2v) is 20.6. The Morgan fingerprint density at radius 2 is 0.840 bits per heavy atom. The lowest BCUT2D eigenvalue weighted by atomic mass is 9.98. The lowest BCUT2D eigenvalue weighted by Crippen LogP contribution is -2.61. The third-order valence-corrected chi connectivity index (χ3v) is 13.6. The van der Waals surface area contributed by atoms with Crippen molar-refractivity contribution in [2.75, 3.05) is 13.2 Å². The summed E-state index contributed by atoms with van der Waals surface area (Å²) in [4.78, 5) is 51.0. The zero-order valence-corrected chi connectivity index (χ0v) is 47.5. The molecule has 0 aromatic rings. The average molecular weight is 1060 g/mol. The number of carboxylic acids is 1. The lowest BCUT2D eigenvalue weighted by Gasteiger charge is -2.40. The molecule has 0 aliphatic carbocycles. The van der Waals surface area contributed by atoms with Crippen LogP contribution >= 0.6 is 0 Å². The zero-order chi connectivity index (χ0) is 54.7. The summed E-state index contributed by atoms with van der Waals surface area (Å²) in [6.07, 6.45) is 50.7. The maximum Gasteiger partial charge on any atom is 0.335 e. The van der Waals surface area contributed by atoms with Gasteiger partial charge in [0, 0.05) is 19.3 Å². The molecule has 12 nitrogen and oxygen atoms in total. The van der Waals surface area contributed by atoms with Gasteiger partial charge in [-0.25, -0.2) is 4.79 Å². The predicted molar refractivity (Wildman–Crippen MR) is 303 cm³/mol. The Labute approximate surface area is 456 Å². The molecule has 432 valence electrons. The minimum absolute atomic E-state index is 0.0589. The molecule has 1 rings (SSSR count). The fourth-order valence-electron chi connectivity index (χ4n) is 8.99. The average Bonchev–Trinajstić information content (AvgIpc) is 3.39. The van der Waals surface area contributed by atoms with Gasteiger partial charge in [0.05, 0.1) is 6.61 Å². The number of carbonyl (C=O) groups is 4. The van der Waals surface area contributed by atoms with Gasteiger partial charge in [0.1, 0.15) is 18.8 Å². The summed E-state index contributed by atoms with van der Waals surface area (Å²) in [7, 11) is 0. The van der Waals surface area contributed by atoms with E-state index in [0.29, 0.717) is 25.7 Å². The van der Waals surface area contributed by atoms with Gasteiger partial charge in [-0.05, 0) is 57.8 Å². The van der Waals surface area contributed by atoms with Crippen LogP contribution in [0.2, 0.25) is 0 Å². The number of carboxylic acid groups (broad SMARTS) is 1. The Kier molecular flexibility index (Phi) is 47.4. The van der Waals surface area contributed by atoms with E-state index in [1.54, 1.807) is 0 Å². The van der Waals surface area contributed by atoms with Crippen molar-refractivity contribution in [3.05, 3.63) is 60.8 Å². The number of aliphatic carboxylic acids is 1. The summed E-state index contributed by atoms with van der Waals surface area (Å²) in [5, 5.41) is 31.5. The number of rotatable bonds is 51. The third-order valence-electron chi connectivity index (χ3n) is 13.6. The minimum atomic E-state index is -1.91. The van der Waals surface area contributed by atoms with Crippen LogP contribution in [0.15, 0.2) is 60.8 Å². The van der Waals surface area contributed by atoms with Gasteiger partial charge in [-0.3, -0.25) is 14.4 Å². The lowest BCUT2D eigenvalue weighted by molar-refractivity contribution is -0.301. The van der Waals surface area contributed by atoms with E-state index in [1.807, 2.05) is 6.08 Å². The van der Waals surface area contributed by atoms with Gasteiger partial charge in [-0.2, -0.15) is 0 Å². The number of unbranched alkanes of at least 4 members (excludes halogenated alkanes) is 27. The molecule has 6 atom stereocenters. The largest absolute Gasteiger partial charge is 0.479 e.